The molecule has 1 N–H and O–H groups in total. The lowest BCUT2D eigenvalue weighted by Crippen LogP contribution is -2.63. The number of ether oxygens (including phenoxy) is 1. The lowest BCUT2D eigenvalue weighted by atomic mass is 9.60. The van der Waals surface area contributed by atoms with Crippen molar-refractivity contribution in [1.82, 2.24) is 24.9 Å². The van der Waals surface area contributed by atoms with Crippen molar-refractivity contribution in [3.63, 3.8) is 0 Å². The Morgan fingerprint density at radius 3 is 2.69 bits per heavy atom. The van der Waals surface area contributed by atoms with Gasteiger partial charge in [-0.05, 0) is 62.9 Å². The molecule has 2 aromatic carbocycles. The monoisotopic (exact) mass is 589 g/mol. The Balaban J connectivity index is 1.41. The van der Waals surface area contributed by atoms with Crippen molar-refractivity contribution in [3.05, 3.63) is 70.8 Å². The van der Waals surface area contributed by atoms with E-state index in [1.54, 1.807) is 25.4 Å². The van der Waals surface area contributed by atoms with Crippen molar-refractivity contribution in [2.45, 2.75) is 45.6 Å². The molecule has 2 aliphatic rings. The number of aryl methyl sites for hydroxylation is 1. The van der Waals surface area contributed by atoms with Gasteiger partial charge in [0.05, 0.1) is 28.3 Å². The molecule has 0 bridgehead atoms. The van der Waals surface area contributed by atoms with Crippen molar-refractivity contribution >= 4 is 34.2 Å². The van der Waals surface area contributed by atoms with Crippen molar-refractivity contribution < 1.29 is 18.7 Å². The van der Waals surface area contributed by atoms with E-state index in [1.807, 2.05) is 29.5 Å². The largest absolute Gasteiger partial charge is 0.385 e. The number of nitrogens with one attached hydrogen (secondary N) is 1. The minimum Gasteiger partial charge on any atom is -0.385 e. The molecule has 1 spiro atoms. The fraction of sp³-hybridized carbons (Fsp3) is 0.375. The number of hydrogen-bond acceptors (Lipinski definition) is 5. The molecule has 218 valence electrons. The minimum atomic E-state index is -0.582. The van der Waals surface area contributed by atoms with Crippen molar-refractivity contribution in [2.75, 3.05) is 26.8 Å². The van der Waals surface area contributed by atoms with Gasteiger partial charge in [-0.3, -0.25) is 19.4 Å². The summed E-state index contributed by atoms with van der Waals surface area (Å²) in [5.74, 6) is -0.880. The predicted molar refractivity (Wildman–Crippen MR) is 160 cm³/mol. The number of amides is 1. The normalized spacial score (nSPS) is 16.1. The maximum Gasteiger partial charge on any atom is 0.245 e. The van der Waals surface area contributed by atoms with Gasteiger partial charge in [-0.1, -0.05) is 24.2 Å². The van der Waals surface area contributed by atoms with E-state index in [0.29, 0.717) is 29.3 Å². The Morgan fingerprint density at radius 1 is 1.24 bits per heavy atom. The second kappa shape index (κ2) is 10.8. The van der Waals surface area contributed by atoms with Crippen LogP contribution in [0.25, 0.3) is 33.3 Å². The topological polar surface area (TPSA) is 93.1 Å². The molecule has 2 fully saturated rings. The number of H-pyrrole nitrogens is 1. The molecular weight excluding hydrogens is 557 g/mol. The first-order valence-corrected chi connectivity index (χ1v) is 14.5. The van der Waals surface area contributed by atoms with Crippen LogP contribution in [0.3, 0.4) is 0 Å². The van der Waals surface area contributed by atoms with Crippen molar-refractivity contribution in [3.8, 4) is 22.4 Å². The number of ketones is 1. The quantitative estimate of drug-likeness (QED) is 0.137. The number of Topliss-reactive ketones (excluding diaryl/α,β-unsaturated/α-hetero) is 1. The molecule has 8 nitrogen and oxygen atoms in total. The molecule has 2 aromatic heterocycles. The number of halogens is 2. The summed E-state index contributed by atoms with van der Waals surface area (Å²) in [6, 6.07) is 6.78. The van der Waals surface area contributed by atoms with Crippen LogP contribution < -0.4 is 0 Å². The number of aromatic amines is 1. The summed E-state index contributed by atoms with van der Waals surface area (Å²) in [6.07, 6.45) is 5.62. The Hall–Kier alpha value is -3.82. The molecule has 1 saturated carbocycles. The number of carbonyl (C=O) groups is 2. The third-order valence-electron chi connectivity index (χ3n) is 8.78. The summed E-state index contributed by atoms with van der Waals surface area (Å²) in [6.45, 7) is 9.43. The molecule has 4 aromatic rings. The van der Waals surface area contributed by atoms with Crippen molar-refractivity contribution in [2.24, 2.45) is 5.41 Å². The van der Waals surface area contributed by atoms with E-state index >= 15 is 4.39 Å². The van der Waals surface area contributed by atoms with Crippen LogP contribution in [0.4, 0.5) is 4.39 Å². The average Bonchev–Trinajstić information content (AvgIpc) is 3.52. The number of benzene rings is 2. The van der Waals surface area contributed by atoms with E-state index in [1.165, 1.54) is 12.1 Å². The number of aromatic nitrogens is 4. The van der Waals surface area contributed by atoms with Crippen LogP contribution in [0, 0.1) is 25.1 Å². The first-order chi connectivity index (χ1) is 20.2. The Bertz CT molecular complexity index is 1730. The molecule has 42 heavy (non-hydrogen) atoms. The molecule has 1 amide bonds. The number of hydrogen-bond donors (Lipinski definition) is 1. The summed E-state index contributed by atoms with van der Waals surface area (Å²) in [5, 5.41) is 13.8. The van der Waals surface area contributed by atoms with E-state index < -0.39 is 5.82 Å². The smallest absolute Gasteiger partial charge is 0.245 e. The van der Waals surface area contributed by atoms with Crippen molar-refractivity contribution in [1.29, 1.82) is 0 Å². The van der Waals surface area contributed by atoms with Gasteiger partial charge in [-0.25, -0.2) is 4.39 Å². The van der Waals surface area contributed by atoms with Gasteiger partial charge in [0, 0.05) is 66.4 Å². The first-order valence-electron chi connectivity index (χ1n) is 14.1. The Morgan fingerprint density at radius 2 is 2.00 bits per heavy atom. The number of methoxy groups -OCH3 is 1. The number of nitrogens with zero attached hydrogens (tertiary/aromatic N) is 4. The zero-order valence-electron chi connectivity index (χ0n) is 24.0. The van der Waals surface area contributed by atoms with Crippen LogP contribution in [0.1, 0.15) is 53.3 Å². The van der Waals surface area contributed by atoms with Crippen LogP contribution in [-0.4, -0.2) is 63.4 Å². The lowest BCUT2D eigenvalue weighted by Gasteiger charge is -2.58. The minimum absolute atomic E-state index is 0.0372. The molecule has 10 heteroatoms. The second-order valence-electron chi connectivity index (χ2n) is 11.6. The summed E-state index contributed by atoms with van der Waals surface area (Å²) >= 11 is 6.97. The van der Waals surface area contributed by atoms with E-state index in [-0.39, 0.29) is 35.1 Å². The molecule has 0 unspecified atom stereocenters. The van der Waals surface area contributed by atoms with Crippen LogP contribution in [0.5, 0.6) is 0 Å². The fourth-order valence-electron chi connectivity index (χ4n) is 6.64. The molecule has 1 aliphatic carbocycles. The van der Waals surface area contributed by atoms with Gasteiger partial charge in [0.25, 0.3) is 0 Å². The van der Waals surface area contributed by atoms with Gasteiger partial charge in [-0.2, -0.15) is 10.2 Å². The van der Waals surface area contributed by atoms with Gasteiger partial charge >= 0.3 is 0 Å². The molecule has 6 rings (SSSR count). The van der Waals surface area contributed by atoms with Crippen LogP contribution in [-0.2, 0) is 9.53 Å². The highest BCUT2D eigenvalue weighted by atomic mass is 35.5. The molecule has 1 saturated heterocycles. The number of fused-ring (bicyclic) bond motifs is 1. The second-order valence-corrected chi connectivity index (χ2v) is 12.0. The van der Waals surface area contributed by atoms with Crippen LogP contribution in [0.2, 0.25) is 5.02 Å². The van der Waals surface area contributed by atoms with Gasteiger partial charge in [0.2, 0.25) is 5.91 Å². The Labute approximate surface area is 248 Å². The molecule has 0 radical (unpaired) electrons. The number of rotatable bonds is 9. The SMILES string of the molecule is C=CC(=O)N1CC2(CC(n3nc(-c4ccc(C(=O)CCCOC)c(F)c4)c(-c4c(Cl)c(C)cc5[nH]ncc45)c3C)C2)C1. The summed E-state index contributed by atoms with van der Waals surface area (Å²) in [7, 11) is 1.57. The summed E-state index contributed by atoms with van der Waals surface area (Å²) in [5.41, 5.74) is 5.56. The lowest BCUT2D eigenvalue weighted by molar-refractivity contribution is -0.149. The summed E-state index contributed by atoms with van der Waals surface area (Å²) in [4.78, 5) is 26.5. The molecular formula is C32H33ClFN5O3. The maximum absolute atomic E-state index is 15.4. The zero-order chi connectivity index (χ0) is 29.8. The molecule has 0 atom stereocenters. The number of carbonyl (C=O) groups excluding carboxylic acids is 2. The molecule has 1 aliphatic heterocycles. The van der Waals surface area contributed by atoms with E-state index in [2.05, 4.69) is 16.8 Å². The van der Waals surface area contributed by atoms with Gasteiger partial charge in [-0.15, -0.1) is 0 Å². The predicted octanol–water partition coefficient (Wildman–Crippen LogP) is 6.46. The molecule has 3 heterocycles. The standard InChI is InChI=1S/C32H33ClFN5O3/c1-5-27(41)38-16-32(17-38)13-21(14-32)39-19(3)28(29-23-15-35-36-25(23)11-18(2)30(29)33)31(37-39)20-8-9-22(24(34)12-20)26(40)7-6-10-42-4/h5,8-9,11-12,15,21H,1,6-7,10,13-14,16-17H2,2-4H3,(H,35,36). The van der Waals surface area contributed by atoms with E-state index in [4.69, 9.17) is 21.4 Å². The highest BCUT2D eigenvalue weighted by Crippen LogP contribution is 2.55. The summed E-state index contributed by atoms with van der Waals surface area (Å²) < 4.78 is 22.5. The highest BCUT2D eigenvalue weighted by Gasteiger charge is 2.54. The van der Waals surface area contributed by atoms with Crippen LogP contribution >= 0.6 is 11.6 Å². The van der Waals surface area contributed by atoms with Gasteiger partial charge in [0.15, 0.2) is 5.78 Å². The van der Waals surface area contributed by atoms with E-state index in [0.717, 1.165) is 59.2 Å². The first kappa shape index (κ1) is 28.3. The Kier molecular flexibility index (Phi) is 7.27. The number of likely N-dealkylation sites (tertiary alicyclic amines) is 1. The van der Waals surface area contributed by atoms with Gasteiger partial charge in [0.1, 0.15) is 11.5 Å². The highest BCUT2D eigenvalue weighted by molar-refractivity contribution is 6.36. The van der Waals surface area contributed by atoms with Gasteiger partial charge < -0.3 is 9.64 Å². The maximum atomic E-state index is 15.4. The van der Waals surface area contributed by atoms with Crippen LogP contribution in [0.15, 0.2) is 43.1 Å². The average molecular weight is 590 g/mol. The zero-order valence-corrected chi connectivity index (χ0v) is 24.7. The fourth-order valence-corrected chi connectivity index (χ4v) is 6.89. The third-order valence-corrected chi connectivity index (χ3v) is 9.27. The third kappa shape index (κ3) is 4.65. The van der Waals surface area contributed by atoms with E-state index in [9.17, 15) is 9.59 Å².